The van der Waals surface area contributed by atoms with E-state index in [1.165, 1.54) is 11.3 Å². The van der Waals surface area contributed by atoms with E-state index in [-0.39, 0.29) is 12.6 Å². The van der Waals surface area contributed by atoms with Crippen molar-refractivity contribution < 1.29 is 5.11 Å². The zero-order chi connectivity index (χ0) is 14.5. The predicted octanol–water partition coefficient (Wildman–Crippen LogP) is 3.16. The zero-order valence-electron chi connectivity index (χ0n) is 12.4. The normalized spacial score (nSPS) is 22.5. The van der Waals surface area contributed by atoms with E-state index in [1.54, 1.807) is 0 Å². The number of hydrogen-bond acceptors (Lipinski definition) is 3. The molecule has 0 radical (unpaired) electrons. The van der Waals surface area contributed by atoms with Gasteiger partial charge in [0.15, 0.2) is 0 Å². The molecule has 0 spiro atoms. The Kier molecular flexibility index (Phi) is 5.87. The first-order valence-electron chi connectivity index (χ1n) is 7.54. The highest BCUT2D eigenvalue weighted by Gasteiger charge is 2.30. The number of benzene rings is 1. The fourth-order valence-electron chi connectivity index (χ4n) is 2.87. The number of rotatable bonds is 6. The highest BCUT2D eigenvalue weighted by Crippen LogP contribution is 2.32. The smallest absolute Gasteiger partial charge is 0.0637 e. The van der Waals surface area contributed by atoms with Gasteiger partial charge in [0.25, 0.3) is 0 Å². The van der Waals surface area contributed by atoms with Gasteiger partial charge in [0.2, 0.25) is 0 Å². The minimum absolute atomic E-state index is 0.235. The van der Waals surface area contributed by atoms with Crippen LogP contribution < -0.4 is 10.2 Å². The van der Waals surface area contributed by atoms with E-state index in [0.717, 1.165) is 36.9 Å². The molecule has 1 aliphatic rings. The molecule has 2 N–H and O–H groups in total. The number of aliphatic hydroxyl groups is 1. The Labute approximate surface area is 130 Å². The monoisotopic (exact) mass is 340 g/mol. The minimum Gasteiger partial charge on any atom is -0.394 e. The summed E-state index contributed by atoms with van der Waals surface area (Å²) in [6, 6.07) is 6.79. The molecule has 0 bridgehead atoms. The molecule has 2 rings (SSSR count). The Morgan fingerprint density at radius 3 is 2.90 bits per heavy atom. The molecule has 1 saturated heterocycles. The van der Waals surface area contributed by atoms with Gasteiger partial charge in [0, 0.05) is 23.2 Å². The van der Waals surface area contributed by atoms with Gasteiger partial charge in [-0.15, -0.1) is 0 Å². The van der Waals surface area contributed by atoms with Crippen LogP contribution in [-0.2, 0) is 6.54 Å². The van der Waals surface area contributed by atoms with Gasteiger partial charge >= 0.3 is 0 Å². The van der Waals surface area contributed by atoms with Crippen molar-refractivity contribution in [3.8, 4) is 0 Å². The zero-order valence-corrected chi connectivity index (χ0v) is 14.0. The van der Waals surface area contributed by atoms with Gasteiger partial charge < -0.3 is 15.3 Å². The molecule has 2 unspecified atom stereocenters. The molecule has 1 aromatic carbocycles. The second-order valence-corrected chi connectivity index (χ2v) is 6.52. The standard InChI is InChI=1S/C16H25BrN2O/c1-3-7-18-10-13-4-5-14(9-15(13)17)19-8-6-12(2)16(19)11-20/h4-5,9,12,16,18,20H,3,6-8,10-11H2,1-2H3. The van der Waals surface area contributed by atoms with E-state index >= 15 is 0 Å². The van der Waals surface area contributed by atoms with Crippen molar-refractivity contribution in [1.29, 1.82) is 0 Å². The van der Waals surface area contributed by atoms with Crippen LogP contribution in [0.5, 0.6) is 0 Å². The third-order valence-electron chi connectivity index (χ3n) is 4.18. The summed E-state index contributed by atoms with van der Waals surface area (Å²) >= 11 is 3.67. The number of anilines is 1. The number of nitrogens with one attached hydrogen (secondary N) is 1. The lowest BCUT2D eigenvalue weighted by Crippen LogP contribution is -2.35. The summed E-state index contributed by atoms with van der Waals surface area (Å²) in [4.78, 5) is 2.33. The molecule has 20 heavy (non-hydrogen) atoms. The van der Waals surface area contributed by atoms with Gasteiger partial charge in [-0.3, -0.25) is 0 Å². The third-order valence-corrected chi connectivity index (χ3v) is 4.92. The lowest BCUT2D eigenvalue weighted by molar-refractivity contribution is 0.245. The molecule has 3 nitrogen and oxygen atoms in total. The fourth-order valence-corrected chi connectivity index (χ4v) is 3.37. The van der Waals surface area contributed by atoms with E-state index in [1.807, 2.05) is 0 Å². The summed E-state index contributed by atoms with van der Waals surface area (Å²) in [5.41, 5.74) is 2.49. The van der Waals surface area contributed by atoms with Crippen LogP contribution in [0.4, 0.5) is 5.69 Å². The number of halogens is 1. The summed E-state index contributed by atoms with van der Waals surface area (Å²) < 4.78 is 1.15. The molecule has 0 aromatic heterocycles. The Morgan fingerprint density at radius 2 is 2.25 bits per heavy atom. The lowest BCUT2D eigenvalue weighted by Gasteiger charge is -2.27. The van der Waals surface area contributed by atoms with Crippen molar-refractivity contribution in [1.82, 2.24) is 5.32 Å². The maximum atomic E-state index is 9.57. The van der Waals surface area contributed by atoms with E-state index in [0.29, 0.717) is 5.92 Å². The molecule has 0 saturated carbocycles. The van der Waals surface area contributed by atoms with Crippen molar-refractivity contribution in [3.63, 3.8) is 0 Å². The Morgan fingerprint density at radius 1 is 1.45 bits per heavy atom. The van der Waals surface area contributed by atoms with Crippen LogP contribution in [0.2, 0.25) is 0 Å². The van der Waals surface area contributed by atoms with Gasteiger partial charge in [0.1, 0.15) is 0 Å². The number of nitrogens with zero attached hydrogens (tertiary/aromatic N) is 1. The Balaban J connectivity index is 2.08. The highest BCUT2D eigenvalue weighted by molar-refractivity contribution is 9.10. The average Bonchev–Trinajstić information content (AvgIpc) is 2.81. The molecule has 1 heterocycles. The first kappa shape index (κ1) is 15.8. The van der Waals surface area contributed by atoms with E-state index in [9.17, 15) is 5.11 Å². The Hall–Kier alpha value is -0.580. The summed E-state index contributed by atoms with van der Waals surface area (Å²) in [5, 5.41) is 13.0. The van der Waals surface area contributed by atoms with Crippen LogP contribution in [0.25, 0.3) is 0 Å². The molecule has 1 fully saturated rings. The second-order valence-electron chi connectivity index (χ2n) is 5.66. The molecule has 1 aliphatic heterocycles. The van der Waals surface area contributed by atoms with Gasteiger partial charge in [-0.25, -0.2) is 0 Å². The van der Waals surface area contributed by atoms with Crippen molar-refractivity contribution in [2.24, 2.45) is 5.92 Å². The summed E-state index contributed by atoms with van der Waals surface area (Å²) in [5.74, 6) is 0.560. The van der Waals surface area contributed by atoms with Gasteiger partial charge in [0.05, 0.1) is 12.6 Å². The van der Waals surface area contributed by atoms with Crippen molar-refractivity contribution in [2.75, 3.05) is 24.6 Å². The van der Waals surface area contributed by atoms with Gasteiger partial charge in [-0.2, -0.15) is 0 Å². The van der Waals surface area contributed by atoms with Gasteiger partial charge in [-0.1, -0.05) is 35.8 Å². The van der Waals surface area contributed by atoms with Gasteiger partial charge in [-0.05, 0) is 43.0 Å². The molecule has 4 heteroatoms. The number of aliphatic hydroxyl groups excluding tert-OH is 1. The maximum absolute atomic E-state index is 9.57. The van der Waals surface area contributed by atoms with Crippen molar-refractivity contribution in [3.05, 3.63) is 28.2 Å². The van der Waals surface area contributed by atoms with Crippen LogP contribution in [-0.4, -0.2) is 30.8 Å². The quantitative estimate of drug-likeness (QED) is 0.781. The van der Waals surface area contributed by atoms with E-state index in [2.05, 4.69) is 58.2 Å². The predicted molar refractivity (Wildman–Crippen MR) is 88.1 cm³/mol. The molecule has 0 amide bonds. The fraction of sp³-hybridized carbons (Fsp3) is 0.625. The maximum Gasteiger partial charge on any atom is 0.0637 e. The lowest BCUT2D eigenvalue weighted by atomic mass is 10.0. The molecule has 112 valence electrons. The van der Waals surface area contributed by atoms with E-state index in [4.69, 9.17) is 0 Å². The van der Waals surface area contributed by atoms with Crippen LogP contribution in [0.1, 0.15) is 32.3 Å². The van der Waals surface area contributed by atoms with Crippen molar-refractivity contribution in [2.45, 2.75) is 39.3 Å². The first-order valence-corrected chi connectivity index (χ1v) is 8.33. The minimum atomic E-state index is 0.235. The van der Waals surface area contributed by atoms with Crippen LogP contribution in [0, 0.1) is 5.92 Å². The number of hydrogen-bond donors (Lipinski definition) is 2. The first-order chi connectivity index (χ1) is 9.67. The molecular formula is C16H25BrN2O. The third kappa shape index (κ3) is 3.54. The largest absolute Gasteiger partial charge is 0.394 e. The molecular weight excluding hydrogens is 316 g/mol. The average molecular weight is 341 g/mol. The summed E-state index contributed by atoms with van der Waals surface area (Å²) in [6.45, 7) is 7.61. The molecule has 2 atom stereocenters. The van der Waals surface area contributed by atoms with Crippen LogP contribution >= 0.6 is 15.9 Å². The van der Waals surface area contributed by atoms with Crippen molar-refractivity contribution >= 4 is 21.6 Å². The van der Waals surface area contributed by atoms with Crippen LogP contribution in [0.3, 0.4) is 0 Å². The topological polar surface area (TPSA) is 35.5 Å². The highest BCUT2D eigenvalue weighted by atomic mass is 79.9. The second kappa shape index (κ2) is 7.43. The van der Waals surface area contributed by atoms with Crippen LogP contribution in [0.15, 0.2) is 22.7 Å². The summed E-state index contributed by atoms with van der Waals surface area (Å²) in [6.07, 6.45) is 2.31. The molecule has 0 aliphatic carbocycles. The summed E-state index contributed by atoms with van der Waals surface area (Å²) in [7, 11) is 0. The SMILES string of the molecule is CCCNCc1ccc(N2CCC(C)C2CO)cc1Br. The Bertz CT molecular complexity index is 438. The van der Waals surface area contributed by atoms with E-state index < -0.39 is 0 Å². The molecule has 1 aromatic rings.